The molecule has 4 rings (SSSR count). The normalized spacial score (nSPS) is 10.9. The third kappa shape index (κ3) is 4.67. The Morgan fingerprint density at radius 1 is 0.806 bits per heavy atom. The zero-order valence-electron chi connectivity index (χ0n) is 16.9. The minimum Gasteiger partial charge on any atom is -0.423 e. The van der Waals surface area contributed by atoms with Gasteiger partial charge in [0.2, 0.25) is 0 Å². The number of aryl methyl sites for hydroxylation is 1. The van der Waals surface area contributed by atoms with E-state index in [-0.39, 0.29) is 5.91 Å². The summed E-state index contributed by atoms with van der Waals surface area (Å²) < 4.78 is 5.52. The molecule has 1 N–H and O–H groups in total. The molecule has 5 heteroatoms. The van der Waals surface area contributed by atoms with Crippen LogP contribution in [0.15, 0.2) is 96.1 Å². The van der Waals surface area contributed by atoms with Crippen LogP contribution in [0.3, 0.4) is 0 Å². The zero-order chi connectivity index (χ0) is 21.6. The van der Waals surface area contributed by atoms with Crippen molar-refractivity contribution in [3.05, 3.63) is 113 Å². The molecule has 0 heterocycles. The molecule has 0 bridgehead atoms. The van der Waals surface area contributed by atoms with Crippen LogP contribution < -0.4 is 10.2 Å². The summed E-state index contributed by atoms with van der Waals surface area (Å²) in [6.45, 7) is 1.87. The fourth-order valence-electron chi connectivity index (χ4n) is 3.24. The Balaban J connectivity index is 1.40. The Hall–Kier alpha value is -4.25. The maximum atomic E-state index is 12.6. The first-order valence-electron chi connectivity index (χ1n) is 9.81. The Morgan fingerprint density at radius 2 is 1.48 bits per heavy atom. The molecule has 4 aromatic carbocycles. The van der Waals surface area contributed by atoms with Crippen molar-refractivity contribution in [3.63, 3.8) is 0 Å². The fraction of sp³-hybridized carbons (Fsp3) is 0.0385. The molecule has 0 saturated carbocycles. The highest BCUT2D eigenvalue weighted by molar-refractivity contribution is 6.05. The third-order valence-corrected chi connectivity index (χ3v) is 4.87. The number of hydrogen-bond donors (Lipinski definition) is 1. The highest BCUT2D eigenvalue weighted by atomic mass is 16.5. The van der Waals surface area contributed by atoms with Crippen molar-refractivity contribution in [2.45, 2.75) is 6.92 Å². The predicted molar refractivity (Wildman–Crippen MR) is 122 cm³/mol. The summed E-state index contributed by atoms with van der Waals surface area (Å²) in [5.74, 6) is -0.252. The first-order chi connectivity index (χ1) is 15.1. The van der Waals surface area contributed by atoms with E-state index in [1.54, 1.807) is 36.4 Å². The Morgan fingerprint density at radius 3 is 2.29 bits per heavy atom. The molecule has 0 unspecified atom stereocenters. The summed E-state index contributed by atoms with van der Waals surface area (Å²) in [4.78, 5) is 24.8. The predicted octanol–water partition coefficient (Wildman–Crippen LogP) is 5.13. The Kier molecular flexibility index (Phi) is 5.85. The van der Waals surface area contributed by atoms with Gasteiger partial charge in [0.1, 0.15) is 5.75 Å². The number of fused-ring (bicyclic) bond motifs is 1. The minimum absolute atomic E-state index is 0.269. The summed E-state index contributed by atoms with van der Waals surface area (Å²) in [6.07, 6.45) is 1.53. The molecule has 0 atom stereocenters. The van der Waals surface area contributed by atoms with Gasteiger partial charge >= 0.3 is 5.97 Å². The van der Waals surface area contributed by atoms with Crippen LogP contribution in [0.2, 0.25) is 0 Å². The summed E-state index contributed by atoms with van der Waals surface area (Å²) >= 11 is 0. The van der Waals surface area contributed by atoms with Crippen molar-refractivity contribution in [2.24, 2.45) is 5.10 Å². The van der Waals surface area contributed by atoms with Gasteiger partial charge in [0.25, 0.3) is 5.91 Å². The van der Waals surface area contributed by atoms with Gasteiger partial charge in [0.15, 0.2) is 0 Å². The number of rotatable bonds is 5. The standard InChI is InChI=1S/C26H20N2O3/c1-18-7-2-4-10-22(18)25(29)28-27-17-19-13-15-21(16-14-19)31-26(30)24-12-6-9-20-8-3-5-11-23(20)24/h2-17H,1H3,(H,28,29)/b27-17+. The van der Waals surface area contributed by atoms with E-state index in [9.17, 15) is 9.59 Å². The van der Waals surface area contributed by atoms with E-state index in [4.69, 9.17) is 4.74 Å². The second-order valence-corrected chi connectivity index (χ2v) is 7.00. The van der Waals surface area contributed by atoms with Crippen LogP contribution in [-0.2, 0) is 0 Å². The van der Waals surface area contributed by atoms with Crippen LogP contribution in [0.5, 0.6) is 5.75 Å². The van der Waals surface area contributed by atoms with Crippen molar-refractivity contribution in [3.8, 4) is 5.75 Å². The molecule has 0 fully saturated rings. The first-order valence-corrected chi connectivity index (χ1v) is 9.81. The Bertz CT molecular complexity index is 1270. The van der Waals surface area contributed by atoms with E-state index in [0.29, 0.717) is 16.9 Å². The van der Waals surface area contributed by atoms with Crippen LogP contribution in [0.4, 0.5) is 0 Å². The topological polar surface area (TPSA) is 67.8 Å². The Labute approximate surface area is 180 Å². The van der Waals surface area contributed by atoms with Crippen LogP contribution >= 0.6 is 0 Å². The lowest BCUT2D eigenvalue weighted by molar-refractivity contribution is 0.0736. The van der Waals surface area contributed by atoms with Crippen LogP contribution in [0.25, 0.3) is 10.8 Å². The van der Waals surface area contributed by atoms with Crippen molar-refractivity contribution in [1.82, 2.24) is 5.43 Å². The minimum atomic E-state index is -0.413. The average Bonchev–Trinajstić information content (AvgIpc) is 2.80. The van der Waals surface area contributed by atoms with Gasteiger partial charge in [0, 0.05) is 5.56 Å². The zero-order valence-corrected chi connectivity index (χ0v) is 16.9. The first kappa shape index (κ1) is 20.0. The SMILES string of the molecule is Cc1ccccc1C(=O)N/N=C/c1ccc(OC(=O)c2cccc3ccccc23)cc1. The monoisotopic (exact) mass is 408 g/mol. The number of hydrogen-bond acceptors (Lipinski definition) is 4. The van der Waals surface area contributed by atoms with E-state index >= 15 is 0 Å². The lowest BCUT2D eigenvalue weighted by atomic mass is 10.0. The van der Waals surface area contributed by atoms with Gasteiger partial charge in [-0.2, -0.15) is 5.10 Å². The maximum absolute atomic E-state index is 12.6. The molecule has 31 heavy (non-hydrogen) atoms. The summed E-state index contributed by atoms with van der Waals surface area (Å²) in [6, 6.07) is 27.4. The molecule has 5 nitrogen and oxygen atoms in total. The number of ether oxygens (including phenoxy) is 1. The number of esters is 1. The van der Waals surface area contributed by atoms with E-state index in [0.717, 1.165) is 21.9 Å². The lowest BCUT2D eigenvalue weighted by Gasteiger charge is -2.07. The molecular weight excluding hydrogens is 388 g/mol. The molecule has 0 aliphatic rings. The van der Waals surface area contributed by atoms with E-state index in [2.05, 4.69) is 10.5 Å². The molecule has 152 valence electrons. The van der Waals surface area contributed by atoms with Gasteiger partial charge in [-0.25, -0.2) is 10.2 Å². The summed E-state index contributed by atoms with van der Waals surface area (Å²) in [5, 5.41) is 5.83. The molecule has 0 saturated heterocycles. The van der Waals surface area contributed by atoms with E-state index < -0.39 is 5.97 Å². The van der Waals surface area contributed by atoms with Gasteiger partial charge in [0.05, 0.1) is 11.8 Å². The number of nitrogens with one attached hydrogen (secondary N) is 1. The third-order valence-electron chi connectivity index (χ3n) is 4.87. The number of carbonyl (C=O) groups is 2. The second kappa shape index (κ2) is 9.05. The van der Waals surface area contributed by atoms with Crippen molar-refractivity contribution < 1.29 is 14.3 Å². The van der Waals surface area contributed by atoms with Crippen LogP contribution in [-0.4, -0.2) is 18.1 Å². The second-order valence-electron chi connectivity index (χ2n) is 7.00. The van der Waals surface area contributed by atoms with E-state index in [1.165, 1.54) is 6.21 Å². The van der Waals surface area contributed by atoms with Gasteiger partial charge in [-0.15, -0.1) is 0 Å². The average molecular weight is 408 g/mol. The molecule has 0 aromatic heterocycles. The highest BCUT2D eigenvalue weighted by Crippen LogP contribution is 2.21. The molecule has 0 aliphatic heterocycles. The maximum Gasteiger partial charge on any atom is 0.344 e. The summed E-state index contributed by atoms with van der Waals surface area (Å²) in [5.41, 5.74) is 5.26. The summed E-state index contributed by atoms with van der Waals surface area (Å²) in [7, 11) is 0. The van der Waals surface area contributed by atoms with Gasteiger partial charge in [-0.05, 0) is 65.2 Å². The molecule has 0 aliphatic carbocycles. The fourth-order valence-corrected chi connectivity index (χ4v) is 3.24. The molecule has 1 amide bonds. The molecule has 4 aromatic rings. The number of hydrazone groups is 1. The molecule has 0 radical (unpaired) electrons. The van der Waals surface area contributed by atoms with Crippen LogP contribution in [0.1, 0.15) is 31.8 Å². The molecular formula is C26H20N2O3. The van der Waals surface area contributed by atoms with Crippen molar-refractivity contribution >= 4 is 28.9 Å². The number of amides is 1. The number of carbonyl (C=O) groups excluding carboxylic acids is 2. The highest BCUT2D eigenvalue weighted by Gasteiger charge is 2.12. The van der Waals surface area contributed by atoms with E-state index in [1.807, 2.05) is 61.5 Å². The quantitative estimate of drug-likeness (QED) is 0.215. The van der Waals surface area contributed by atoms with Gasteiger partial charge in [-0.3, -0.25) is 4.79 Å². The number of benzene rings is 4. The van der Waals surface area contributed by atoms with Crippen LogP contribution in [0, 0.1) is 6.92 Å². The van der Waals surface area contributed by atoms with Crippen molar-refractivity contribution in [1.29, 1.82) is 0 Å². The van der Waals surface area contributed by atoms with Gasteiger partial charge in [-0.1, -0.05) is 54.6 Å². The van der Waals surface area contributed by atoms with Gasteiger partial charge < -0.3 is 4.74 Å². The molecule has 0 spiro atoms. The smallest absolute Gasteiger partial charge is 0.344 e. The number of nitrogens with zero attached hydrogens (tertiary/aromatic N) is 1. The lowest BCUT2D eigenvalue weighted by Crippen LogP contribution is -2.18. The largest absolute Gasteiger partial charge is 0.423 e. The van der Waals surface area contributed by atoms with Crippen molar-refractivity contribution in [2.75, 3.05) is 0 Å².